The maximum Gasteiger partial charge on any atom is 0.310 e. The van der Waals surface area contributed by atoms with Gasteiger partial charge in [0.15, 0.2) is 9.84 Å². The summed E-state index contributed by atoms with van der Waals surface area (Å²) in [5.74, 6) is 0. The Morgan fingerprint density at radius 3 is 2.67 bits per heavy atom. The summed E-state index contributed by atoms with van der Waals surface area (Å²) < 4.78 is 23.3. The fraction of sp³-hybridized carbons (Fsp3) is 0.250. The summed E-state index contributed by atoms with van der Waals surface area (Å²) in [5.41, 5.74) is 0.597. The number of aryl methyl sites for hydroxylation is 1. The van der Waals surface area contributed by atoms with Crippen LogP contribution in [-0.4, -0.2) is 24.6 Å². The first-order chi connectivity index (χ1) is 9.79. The average molecular weight is 327 g/mol. The van der Waals surface area contributed by atoms with Gasteiger partial charge in [0.2, 0.25) is 0 Å². The lowest BCUT2D eigenvalue weighted by molar-refractivity contribution is -0.386. The third kappa shape index (κ3) is 3.56. The van der Waals surface area contributed by atoms with Crippen molar-refractivity contribution in [3.63, 3.8) is 0 Å². The highest BCUT2D eigenvalue weighted by molar-refractivity contribution is 7.90. The predicted molar refractivity (Wildman–Crippen MR) is 80.4 cm³/mol. The molecule has 0 bridgehead atoms. The number of anilines is 1. The number of para-hydroxylation sites is 1. The van der Waals surface area contributed by atoms with Gasteiger partial charge in [0.05, 0.1) is 11.5 Å². The van der Waals surface area contributed by atoms with Crippen molar-refractivity contribution in [2.75, 3.05) is 11.6 Å². The molecule has 0 unspecified atom stereocenters. The van der Waals surface area contributed by atoms with Crippen LogP contribution in [0.2, 0.25) is 0 Å². The number of hydrogen-bond donors (Lipinski definition) is 1. The van der Waals surface area contributed by atoms with Crippen LogP contribution in [0, 0.1) is 17.0 Å². The predicted octanol–water partition coefficient (Wildman–Crippen LogP) is 2.38. The van der Waals surface area contributed by atoms with Crippen molar-refractivity contribution in [2.24, 2.45) is 0 Å². The number of nitro groups is 1. The molecule has 0 aliphatic heterocycles. The van der Waals surface area contributed by atoms with Crippen molar-refractivity contribution in [2.45, 2.75) is 18.4 Å². The highest BCUT2D eigenvalue weighted by Gasteiger charge is 2.25. The van der Waals surface area contributed by atoms with E-state index in [9.17, 15) is 18.5 Å². The van der Waals surface area contributed by atoms with Gasteiger partial charge in [-0.2, -0.15) is 0 Å². The van der Waals surface area contributed by atoms with Gasteiger partial charge in [-0.1, -0.05) is 6.07 Å². The molecule has 2 rings (SSSR count). The second-order valence-electron chi connectivity index (χ2n) is 4.42. The fourth-order valence-electron chi connectivity index (χ4n) is 1.81. The molecule has 1 N–H and O–H groups in total. The van der Waals surface area contributed by atoms with Crippen molar-refractivity contribution in [1.29, 1.82) is 0 Å². The molecule has 0 fully saturated rings. The number of rotatable bonds is 5. The van der Waals surface area contributed by atoms with Gasteiger partial charge in [0, 0.05) is 17.3 Å². The van der Waals surface area contributed by atoms with Crippen LogP contribution in [0.3, 0.4) is 0 Å². The number of hydrogen-bond acceptors (Lipinski definition) is 7. The Labute approximate surface area is 125 Å². The fourth-order valence-corrected chi connectivity index (χ4v) is 3.38. The van der Waals surface area contributed by atoms with Crippen LogP contribution in [0.4, 0.5) is 11.4 Å². The molecule has 1 aromatic heterocycles. The molecule has 0 spiro atoms. The second kappa shape index (κ2) is 5.78. The van der Waals surface area contributed by atoms with Gasteiger partial charge >= 0.3 is 5.69 Å². The van der Waals surface area contributed by atoms with Gasteiger partial charge < -0.3 is 5.32 Å². The standard InChI is InChI=1S/C12H13N3O4S2/c1-8-7-20-11(14-8)6-13-9-4-3-5-10(21(2,18)19)12(9)15(16)17/h3-5,7,13H,6H2,1-2H3. The molecule has 0 saturated carbocycles. The van der Waals surface area contributed by atoms with Gasteiger partial charge in [-0.15, -0.1) is 11.3 Å². The number of aromatic nitrogens is 1. The van der Waals surface area contributed by atoms with Gasteiger partial charge in [0.25, 0.3) is 0 Å². The van der Waals surface area contributed by atoms with E-state index in [1.807, 2.05) is 12.3 Å². The van der Waals surface area contributed by atoms with Crippen LogP contribution in [0.1, 0.15) is 10.7 Å². The lowest BCUT2D eigenvalue weighted by atomic mass is 10.2. The SMILES string of the molecule is Cc1csc(CNc2cccc(S(C)(=O)=O)c2[N+](=O)[O-])n1. The Hall–Kier alpha value is -2.00. The molecular formula is C12H13N3O4S2. The highest BCUT2D eigenvalue weighted by atomic mass is 32.2. The smallest absolute Gasteiger partial charge is 0.310 e. The molecule has 0 aliphatic rings. The Morgan fingerprint density at radius 1 is 1.43 bits per heavy atom. The third-order valence-electron chi connectivity index (χ3n) is 2.68. The lowest BCUT2D eigenvalue weighted by Gasteiger charge is -2.08. The minimum absolute atomic E-state index is 0.163. The molecule has 2 aromatic rings. The summed E-state index contributed by atoms with van der Waals surface area (Å²) in [6.45, 7) is 2.15. The van der Waals surface area contributed by atoms with E-state index in [0.29, 0.717) is 6.54 Å². The summed E-state index contributed by atoms with van der Waals surface area (Å²) >= 11 is 1.43. The minimum Gasteiger partial charge on any atom is -0.373 e. The molecule has 1 aromatic carbocycles. The summed E-state index contributed by atoms with van der Waals surface area (Å²) in [7, 11) is -3.67. The Bertz CT molecular complexity index is 784. The molecular weight excluding hydrogens is 314 g/mol. The Balaban J connectivity index is 2.37. The molecule has 7 nitrogen and oxygen atoms in total. The number of nitrogens with one attached hydrogen (secondary N) is 1. The average Bonchev–Trinajstić information content (AvgIpc) is 2.80. The zero-order valence-corrected chi connectivity index (χ0v) is 13.0. The number of benzene rings is 1. The Morgan fingerprint density at radius 2 is 2.14 bits per heavy atom. The van der Waals surface area contributed by atoms with Crippen molar-refractivity contribution >= 4 is 32.5 Å². The van der Waals surface area contributed by atoms with E-state index in [4.69, 9.17) is 0 Å². The van der Waals surface area contributed by atoms with E-state index in [2.05, 4.69) is 10.3 Å². The van der Waals surface area contributed by atoms with E-state index in [1.54, 1.807) is 0 Å². The van der Waals surface area contributed by atoms with Crippen LogP contribution >= 0.6 is 11.3 Å². The van der Waals surface area contributed by atoms with Crippen LogP contribution in [-0.2, 0) is 16.4 Å². The first kappa shape index (κ1) is 15.4. The molecule has 0 aliphatic carbocycles. The molecule has 0 atom stereocenters. The van der Waals surface area contributed by atoms with Crippen LogP contribution in [0.5, 0.6) is 0 Å². The first-order valence-corrected chi connectivity index (χ1v) is 8.68. The number of nitro benzene ring substituents is 1. The number of nitrogens with zero attached hydrogens (tertiary/aromatic N) is 2. The summed E-state index contributed by atoms with van der Waals surface area (Å²) in [4.78, 5) is 14.4. The Kier molecular flexibility index (Phi) is 4.24. The van der Waals surface area contributed by atoms with E-state index in [0.717, 1.165) is 17.0 Å². The van der Waals surface area contributed by atoms with Crippen LogP contribution in [0.25, 0.3) is 0 Å². The maximum atomic E-state index is 11.6. The molecule has 0 amide bonds. The zero-order valence-electron chi connectivity index (χ0n) is 11.4. The zero-order chi connectivity index (χ0) is 15.6. The topological polar surface area (TPSA) is 102 Å². The van der Waals surface area contributed by atoms with Crippen LogP contribution in [0.15, 0.2) is 28.5 Å². The van der Waals surface area contributed by atoms with Crippen molar-refractivity contribution < 1.29 is 13.3 Å². The number of sulfone groups is 1. The quantitative estimate of drug-likeness (QED) is 0.668. The van der Waals surface area contributed by atoms with E-state index in [-0.39, 0.29) is 10.6 Å². The monoisotopic (exact) mass is 327 g/mol. The summed E-state index contributed by atoms with van der Waals surface area (Å²) in [6.07, 6.45) is 0.948. The largest absolute Gasteiger partial charge is 0.373 e. The van der Waals surface area contributed by atoms with Gasteiger partial charge in [-0.25, -0.2) is 13.4 Å². The first-order valence-electron chi connectivity index (χ1n) is 5.91. The summed E-state index contributed by atoms with van der Waals surface area (Å²) in [5, 5.41) is 16.7. The molecule has 0 saturated heterocycles. The van der Waals surface area contributed by atoms with E-state index >= 15 is 0 Å². The van der Waals surface area contributed by atoms with Crippen molar-refractivity contribution in [3.8, 4) is 0 Å². The van der Waals surface area contributed by atoms with E-state index in [1.165, 1.54) is 29.5 Å². The highest BCUT2D eigenvalue weighted by Crippen LogP contribution is 2.32. The third-order valence-corrected chi connectivity index (χ3v) is 4.77. The minimum atomic E-state index is -3.67. The molecule has 0 radical (unpaired) electrons. The van der Waals surface area contributed by atoms with E-state index < -0.39 is 20.4 Å². The second-order valence-corrected chi connectivity index (χ2v) is 7.34. The lowest BCUT2D eigenvalue weighted by Crippen LogP contribution is -2.07. The van der Waals surface area contributed by atoms with Gasteiger partial charge in [0.1, 0.15) is 15.6 Å². The molecule has 112 valence electrons. The molecule has 1 heterocycles. The van der Waals surface area contributed by atoms with Gasteiger partial charge in [-0.3, -0.25) is 10.1 Å². The van der Waals surface area contributed by atoms with Crippen molar-refractivity contribution in [1.82, 2.24) is 4.98 Å². The van der Waals surface area contributed by atoms with Gasteiger partial charge in [-0.05, 0) is 19.1 Å². The normalized spacial score (nSPS) is 11.3. The van der Waals surface area contributed by atoms with Crippen LogP contribution < -0.4 is 5.32 Å². The van der Waals surface area contributed by atoms with Crippen molar-refractivity contribution in [3.05, 3.63) is 44.4 Å². The molecule has 21 heavy (non-hydrogen) atoms. The number of thiazole rings is 1. The summed E-state index contributed by atoms with van der Waals surface area (Å²) in [6, 6.07) is 4.18. The molecule has 9 heteroatoms. The maximum absolute atomic E-state index is 11.6.